The highest BCUT2D eigenvalue weighted by atomic mass is 16.3. The topological polar surface area (TPSA) is 32.3 Å². The minimum absolute atomic E-state index is 0.215. The van der Waals surface area contributed by atoms with E-state index in [9.17, 15) is 5.11 Å². The third-order valence-corrected chi connectivity index (χ3v) is 4.30. The fourth-order valence-corrected chi connectivity index (χ4v) is 3.03. The van der Waals surface area contributed by atoms with Gasteiger partial charge in [0.2, 0.25) is 0 Å². The van der Waals surface area contributed by atoms with E-state index in [1.165, 1.54) is 11.1 Å². The lowest BCUT2D eigenvalue weighted by atomic mass is 9.96. The van der Waals surface area contributed by atoms with E-state index < -0.39 is 0 Å². The van der Waals surface area contributed by atoms with Crippen LogP contribution in [-0.2, 0) is 6.42 Å². The van der Waals surface area contributed by atoms with Crippen LogP contribution in [0.5, 0.6) is 0 Å². The molecule has 2 heteroatoms. The number of rotatable bonds is 6. The van der Waals surface area contributed by atoms with E-state index >= 15 is 0 Å². The summed E-state index contributed by atoms with van der Waals surface area (Å²) in [6.07, 6.45) is 4.22. The molecule has 100 valence electrons. The van der Waals surface area contributed by atoms with Crippen LogP contribution in [0.2, 0.25) is 0 Å². The zero-order valence-electron chi connectivity index (χ0n) is 11.5. The number of aliphatic hydroxyl groups excluding tert-OH is 1. The van der Waals surface area contributed by atoms with E-state index in [0.717, 1.165) is 25.7 Å². The van der Waals surface area contributed by atoms with Crippen LogP contribution in [0, 0.1) is 5.92 Å². The summed E-state index contributed by atoms with van der Waals surface area (Å²) in [6, 6.07) is 9.08. The Morgan fingerprint density at radius 3 is 2.72 bits per heavy atom. The van der Waals surface area contributed by atoms with Crippen molar-refractivity contribution in [2.45, 2.75) is 51.7 Å². The van der Waals surface area contributed by atoms with Crippen molar-refractivity contribution in [3.8, 4) is 0 Å². The predicted molar refractivity (Wildman–Crippen MR) is 75.6 cm³/mol. The van der Waals surface area contributed by atoms with E-state index in [1.807, 2.05) is 0 Å². The molecule has 1 aromatic carbocycles. The molecule has 18 heavy (non-hydrogen) atoms. The van der Waals surface area contributed by atoms with E-state index in [4.69, 9.17) is 0 Å². The molecule has 1 aliphatic rings. The normalized spacial score (nSPS) is 20.1. The minimum atomic E-state index is -0.215. The molecule has 0 fully saturated rings. The van der Waals surface area contributed by atoms with Gasteiger partial charge in [-0.3, -0.25) is 0 Å². The Bertz CT molecular complexity index is 373. The summed E-state index contributed by atoms with van der Waals surface area (Å²) in [6.45, 7) is 5.02. The Labute approximate surface area is 110 Å². The molecule has 0 aromatic heterocycles. The van der Waals surface area contributed by atoms with Gasteiger partial charge in [0.15, 0.2) is 0 Å². The van der Waals surface area contributed by atoms with Crippen LogP contribution in [0.3, 0.4) is 0 Å². The Morgan fingerprint density at radius 1 is 1.28 bits per heavy atom. The van der Waals surface area contributed by atoms with Crippen LogP contribution in [0.25, 0.3) is 0 Å². The van der Waals surface area contributed by atoms with Gasteiger partial charge in [0.05, 0.1) is 6.10 Å². The highest BCUT2D eigenvalue weighted by Crippen LogP contribution is 2.30. The van der Waals surface area contributed by atoms with Crippen molar-refractivity contribution in [1.29, 1.82) is 0 Å². The lowest BCUT2D eigenvalue weighted by Crippen LogP contribution is -2.34. The first-order valence-corrected chi connectivity index (χ1v) is 7.25. The highest BCUT2D eigenvalue weighted by molar-refractivity contribution is 5.34. The Kier molecular flexibility index (Phi) is 4.79. The zero-order chi connectivity index (χ0) is 13.0. The van der Waals surface area contributed by atoms with E-state index in [2.05, 4.69) is 43.4 Å². The molecular weight excluding hydrogens is 222 g/mol. The predicted octanol–water partition coefficient (Wildman–Crippen LogP) is 3.06. The van der Waals surface area contributed by atoms with Crippen LogP contribution in [0.1, 0.15) is 50.3 Å². The van der Waals surface area contributed by atoms with Crippen molar-refractivity contribution in [3.05, 3.63) is 35.4 Å². The van der Waals surface area contributed by atoms with Crippen molar-refractivity contribution < 1.29 is 5.11 Å². The first-order chi connectivity index (χ1) is 8.76. The third kappa shape index (κ3) is 2.93. The first-order valence-electron chi connectivity index (χ1n) is 7.25. The van der Waals surface area contributed by atoms with Gasteiger partial charge in [-0.25, -0.2) is 0 Å². The molecule has 2 N–H and O–H groups in total. The Balaban J connectivity index is 1.89. The molecule has 0 saturated carbocycles. The Morgan fingerprint density at radius 2 is 2.00 bits per heavy atom. The smallest absolute Gasteiger partial charge is 0.0692 e. The summed E-state index contributed by atoms with van der Waals surface area (Å²) in [5, 5.41) is 13.7. The number of hydrogen-bond donors (Lipinski definition) is 2. The number of fused-ring (bicyclic) bond motifs is 1. The van der Waals surface area contributed by atoms with Gasteiger partial charge in [0, 0.05) is 12.6 Å². The fraction of sp³-hybridized carbons (Fsp3) is 0.625. The van der Waals surface area contributed by atoms with E-state index in [0.29, 0.717) is 18.5 Å². The quantitative estimate of drug-likeness (QED) is 0.809. The molecule has 2 atom stereocenters. The van der Waals surface area contributed by atoms with Crippen LogP contribution < -0.4 is 5.32 Å². The molecule has 0 aliphatic heterocycles. The average molecular weight is 247 g/mol. The minimum Gasteiger partial charge on any atom is -0.392 e. The second-order valence-electron chi connectivity index (χ2n) is 5.34. The van der Waals surface area contributed by atoms with Crippen molar-refractivity contribution in [2.75, 3.05) is 6.54 Å². The van der Waals surface area contributed by atoms with Crippen LogP contribution >= 0.6 is 0 Å². The summed E-state index contributed by atoms with van der Waals surface area (Å²) in [4.78, 5) is 0. The van der Waals surface area contributed by atoms with Crippen molar-refractivity contribution in [3.63, 3.8) is 0 Å². The second-order valence-corrected chi connectivity index (χ2v) is 5.34. The lowest BCUT2D eigenvalue weighted by Gasteiger charge is -2.23. The number of nitrogens with one attached hydrogen (secondary N) is 1. The molecule has 0 amide bonds. The van der Waals surface area contributed by atoms with E-state index in [1.54, 1.807) is 0 Å². The lowest BCUT2D eigenvalue weighted by molar-refractivity contribution is 0.0983. The van der Waals surface area contributed by atoms with Gasteiger partial charge >= 0.3 is 0 Å². The summed E-state index contributed by atoms with van der Waals surface area (Å²) in [5.74, 6) is 0.425. The maximum absolute atomic E-state index is 10.2. The standard InChI is InChI=1S/C16H25NO/c1-3-12(4-2)16(18)11-17-15-10-9-13-7-5-6-8-14(13)15/h5-8,12,15-18H,3-4,9-11H2,1-2H3. The number of aliphatic hydroxyl groups is 1. The highest BCUT2D eigenvalue weighted by Gasteiger charge is 2.23. The van der Waals surface area contributed by atoms with Gasteiger partial charge in [-0.05, 0) is 29.9 Å². The van der Waals surface area contributed by atoms with Gasteiger partial charge in [0.1, 0.15) is 0 Å². The number of benzene rings is 1. The molecule has 0 heterocycles. The van der Waals surface area contributed by atoms with Gasteiger partial charge < -0.3 is 10.4 Å². The Hall–Kier alpha value is -0.860. The third-order valence-electron chi connectivity index (χ3n) is 4.30. The number of aryl methyl sites for hydroxylation is 1. The van der Waals surface area contributed by atoms with Crippen LogP contribution in [0.4, 0.5) is 0 Å². The zero-order valence-corrected chi connectivity index (χ0v) is 11.5. The van der Waals surface area contributed by atoms with Gasteiger partial charge in [-0.2, -0.15) is 0 Å². The summed E-state index contributed by atoms with van der Waals surface area (Å²) in [5.41, 5.74) is 2.89. The molecule has 0 radical (unpaired) electrons. The largest absolute Gasteiger partial charge is 0.392 e. The second kappa shape index (κ2) is 6.35. The molecule has 2 rings (SSSR count). The average Bonchev–Trinajstić information content (AvgIpc) is 2.81. The molecule has 0 spiro atoms. The maximum Gasteiger partial charge on any atom is 0.0692 e. The molecule has 1 aromatic rings. The summed E-state index contributed by atoms with van der Waals surface area (Å²) >= 11 is 0. The van der Waals surface area contributed by atoms with Gasteiger partial charge in [-0.1, -0.05) is 51.0 Å². The summed E-state index contributed by atoms with van der Waals surface area (Å²) in [7, 11) is 0. The molecule has 2 unspecified atom stereocenters. The van der Waals surface area contributed by atoms with Crippen LogP contribution in [-0.4, -0.2) is 17.8 Å². The van der Waals surface area contributed by atoms with Crippen molar-refractivity contribution in [1.82, 2.24) is 5.32 Å². The molecule has 0 bridgehead atoms. The first kappa shape index (κ1) is 13.6. The van der Waals surface area contributed by atoms with Gasteiger partial charge in [-0.15, -0.1) is 0 Å². The number of hydrogen-bond acceptors (Lipinski definition) is 2. The van der Waals surface area contributed by atoms with E-state index in [-0.39, 0.29) is 6.10 Å². The monoisotopic (exact) mass is 247 g/mol. The molecule has 1 aliphatic carbocycles. The van der Waals surface area contributed by atoms with Crippen molar-refractivity contribution >= 4 is 0 Å². The SMILES string of the molecule is CCC(CC)C(O)CNC1CCc2ccccc21. The molecule has 0 saturated heterocycles. The summed E-state index contributed by atoms with van der Waals surface area (Å²) < 4.78 is 0. The van der Waals surface area contributed by atoms with Gasteiger partial charge in [0.25, 0.3) is 0 Å². The molecule has 2 nitrogen and oxygen atoms in total. The maximum atomic E-state index is 10.2. The van der Waals surface area contributed by atoms with Crippen molar-refractivity contribution in [2.24, 2.45) is 5.92 Å². The fourth-order valence-electron chi connectivity index (χ4n) is 3.03. The molecular formula is C16H25NO. The van der Waals surface area contributed by atoms with Crippen LogP contribution in [0.15, 0.2) is 24.3 Å².